The van der Waals surface area contributed by atoms with Crippen molar-refractivity contribution in [2.75, 3.05) is 26.4 Å². The van der Waals surface area contributed by atoms with Crippen molar-refractivity contribution in [3.63, 3.8) is 0 Å². The van der Waals surface area contributed by atoms with Crippen molar-refractivity contribution in [1.82, 2.24) is 5.32 Å². The molecule has 0 spiro atoms. The van der Waals surface area contributed by atoms with Gasteiger partial charge in [-0.1, -0.05) is 30.3 Å². The van der Waals surface area contributed by atoms with E-state index in [0.29, 0.717) is 26.2 Å². The molecule has 3 aromatic carbocycles. The largest absolute Gasteiger partial charge is 0.494 e. The number of nitrogens with one attached hydrogen (secondary N) is 1. The summed E-state index contributed by atoms with van der Waals surface area (Å²) >= 11 is 0. The molecule has 1 amide bonds. The molecule has 0 unspecified atom stereocenters. The molecular formula is C30H33NO8. The fourth-order valence-electron chi connectivity index (χ4n) is 3.66. The maximum Gasteiger partial charge on any atom is 0.335 e. The van der Waals surface area contributed by atoms with Crippen LogP contribution in [0, 0.1) is 0 Å². The van der Waals surface area contributed by atoms with E-state index in [0.717, 1.165) is 36.3 Å². The van der Waals surface area contributed by atoms with E-state index in [9.17, 15) is 19.5 Å². The summed E-state index contributed by atoms with van der Waals surface area (Å²) in [6.45, 7) is 1.49. The second kappa shape index (κ2) is 15.7. The maximum atomic E-state index is 12.5. The Labute approximate surface area is 227 Å². The molecule has 0 radical (unpaired) electrons. The predicted molar refractivity (Wildman–Crippen MR) is 145 cm³/mol. The molecule has 0 saturated heterocycles. The third-order valence-electron chi connectivity index (χ3n) is 5.71. The number of carbonyl (C=O) groups is 3. The van der Waals surface area contributed by atoms with Gasteiger partial charge in [-0.2, -0.15) is 0 Å². The number of carboxylic acids is 2. The van der Waals surface area contributed by atoms with Crippen LogP contribution in [0.15, 0.2) is 72.8 Å². The molecule has 0 aromatic heterocycles. The number of unbranched alkanes of at least 4 members (excludes halogenated alkanes) is 1. The van der Waals surface area contributed by atoms with Gasteiger partial charge in [-0.15, -0.1) is 0 Å². The molecule has 3 N–H and O–H groups in total. The number of amides is 1. The monoisotopic (exact) mass is 535 g/mol. The molecule has 39 heavy (non-hydrogen) atoms. The van der Waals surface area contributed by atoms with Gasteiger partial charge in [0.15, 0.2) is 0 Å². The third-order valence-corrected chi connectivity index (χ3v) is 5.71. The van der Waals surface area contributed by atoms with Gasteiger partial charge in [0.1, 0.15) is 17.2 Å². The number of carbonyl (C=O) groups excluding carboxylic acids is 1. The van der Waals surface area contributed by atoms with Crippen LogP contribution in [0.3, 0.4) is 0 Å². The second-order valence-electron chi connectivity index (χ2n) is 8.73. The van der Waals surface area contributed by atoms with Gasteiger partial charge in [0.25, 0.3) is 5.91 Å². The summed E-state index contributed by atoms with van der Waals surface area (Å²) in [5, 5.41) is 20.5. The van der Waals surface area contributed by atoms with Crippen LogP contribution in [0.25, 0.3) is 0 Å². The number of ether oxygens (including phenoxy) is 3. The Hall–Kier alpha value is -4.53. The molecule has 9 nitrogen and oxygen atoms in total. The van der Waals surface area contributed by atoms with E-state index in [4.69, 9.17) is 19.3 Å². The van der Waals surface area contributed by atoms with Crippen LogP contribution in [0.1, 0.15) is 52.0 Å². The van der Waals surface area contributed by atoms with Crippen LogP contribution in [0.5, 0.6) is 17.2 Å². The molecule has 0 bridgehead atoms. The van der Waals surface area contributed by atoms with Crippen molar-refractivity contribution >= 4 is 17.8 Å². The first-order chi connectivity index (χ1) is 18.9. The Kier molecular flexibility index (Phi) is 11.7. The van der Waals surface area contributed by atoms with E-state index >= 15 is 0 Å². The average Bonchev–Trinajstić information content (AvgIpc) is 2.94. The van der Waals surface area contributed by atoms with Crippen LogP contribution in [0.4, 0.5) is 0 Å². The molecule has 0 aliphatic heterocycles. The van der Waals surface area contributed by atoms with Crippen LogP contribution >= 0.6 is 0 Å². The molecule has 3 rings (SSSR count). The standard InChI is InChI=1S/C30H33NO8/c32-28(33)16-17-31-29(34)26-21-23(30(35)36)12-15-27(26)39-20-6-7-22-10-13-25(14-11-22)38-19-5-4-18-37-24-8-2-1-3-9-24/h1-3,8-15,21H,4-7,16-20H2,(H,31,34)(H,32,33)(H,35,36). The molecule has 9 heteroatoms. The van der Waals surface area contributed by atoms with Crippen LogP contribution in [-0.4, -0.2) is 54.4 Å². The van der Waals surface area contributed by atoms with E-state index in [1.54, 1.807) is 0 Å². The van der Waals surface area contributed by atoms with E-state index in [2.05, 4.69) is 5.32 Å². The van der Waals surface area contributed by atoms with Crippen molar-refractivity contribution in [3.05, 3.63) is 89.5 Å². The zero-order valence-corrected chi connectivity index (χ0v) is 21.6. The fraction of sp³-hybridized carbons (Fsp3) is 0.300. The Morgan fingerprint density at radius 1 is 0.718 bits per heavy atom. The van der Waals surface area contributed by atoms with Crippen molar-refractivity contribution < 1.29 is 38.8 Å². The lowest BCUT2D eigenvalue weighted by atomic mass is 10.1. The van der Waals surface area contributed by atoms with E-state index < -0.39 is 17.8 Å². The Balaban J connectivity index is 1.39. The highest BCUT2D eigenvalue weighted by molar-refractivity contribution is 6.00. The third kappa shape index (κ3) is 10.4. The molecule has 0 aliphatic rings. The highest BCUT2D eigenvalue weighted by Gasteiger charge is 2.16. The summed E-state index contributed by atoms with van der Waals surface area (Å²) in [5.41, 5.74) is 1.09. The smallest absolute Gasteiger partial charge is 0.335 e. The van der Waals surface area contributed by atoms with E-state index in [-0.39, 0.29) is 29.8 Å². The number of benzene rings is 3. The van der Waals surface area contributed by atoms with Crippen LogP contribution in [0.2, 0.25) is 0 Å². The lowest BCUT2D eigenvalue weighted by Gasteiger charge is -2.13. The number of aromatic carboxylic acids is 1. The maximum absolute atomic E-state index is 12.5. The minimum atomic E-state index is -1.18. The summed E-state index contributed by atoms with van der Waals surface area (Å²) in [6.07, 6.45) is 2.96. The first kappa shape index (κ1) is 29.0. The van der Waals surface area contributed by atoms with Gasteiger partial charge in [-0.05, 0) is 73.7 Å². The first-order valence-corrected chi connectivity index (χ1v) is 12.8. The quantitative estimate of drug-likeness (QED) is 0.209. The minimum Gasteiger partial charge on any atom is -0.494 e. The molecule has 3 aromatic rings. The van der Waals surface area contributed by atoms with Gasteiger partial charge >= 0.3 is 11.9 Å². The van der Waals surface area contributed by atoms with Gasteiger partial charge in [-0.3, -0.25) is 9.59 Å². The topological polar surface area (TPSA) is 131 Å². The normalized spacial score (nSPS) is 10.5. The summed E-state index contributed by atoms with van der Waals surface area (Å²) in [7, 11) is 0. The highest BCUT2D eigenvalue weighted by atomic mass is 16.5. The summed E-state index contributed by atoms with van der Waals surface area (Å²) in [5.74, 6) is -0.897. The van der Waals surface area contributed by atoms with Crippen molar-refractivity contribution in [2.24, 2.45) is 0 Å². The van der Waals surface area contributed by atoms with Crippen LogP contribution in [-0.2, 0) is 11.2 Å². The lowest BCUT2D eigenvalue weighted by molar-refractivity contribution is -0.136. The Morgan fingerprint density at radius 2 is 1.36 bits per heavy atom. The molecule has 0 heterocycles. The van der Waals surface area contributed by atoms with Gasteiger partial charge in [0.2, 0.25) is 0 Å². The Morgan fingerprint density at radius 3 is 2.00 bits per heavy atom. The number of aryl methyl sites for hydroxylation is 1. The predicted octanol–water partition coefficient (Wildman–Crippen LogP) is 4.84. The van der Waals surface area contributed by atoms with Gasteiger partial charge < -0.3 is 29.7 Å². The Bertz CT molecular complexity index is 1210. The molecule has 0 saturated carbocycles. The number of rotatable bonds is 17. The summed E-state index contributed by atoms with van der Waals surface area (Å²) in [4.78, 5) is 34.5. The minimum absolute atomic E-state index is 0.0495. The molecule has 0 atom stereocenters. The lowest BCUT2D eigenvalue weighted by Crippen LogP contribution is -2.26. The number of hydrogen-bond acceptors (Lipinski definition) is 6. The highest BCUT2D eigenvalue weighted by Crippen LogP contribution is 2.21. The zero-order valence-electron chi connectivity index (χ0n) is 21.6. The SMILES string of the molecule is O=C(O)CCNC(=O)c1cc(C(=O)O)ccc1OCCCc1ccc(OCCCCOc2ccccc2)cc1. The molecule has 206 valence electrons. The molecular weight excluding hydrogens is 502 g/mol. The number of para-hydroxylation sites is 1. The zero-order chi connectivity index (χ0) is 27.9. The fourth-order valence-corrected chi connectivity index (χ4v) is 3.66. The van der Waals surface area contributed by atoms with E-state index in [1.807, 2.05) is 54.6 Å². The average molecular weight is 536 g/mol. The van der Waals surface area contributed by atoms with Gasteiger partial charge in [0.05, 0.1) is 37.4 Å². The number of carboxylic acid groups (broad SMARTS) is 2. The number of hydrogen-bond donors (Lipinski definition) is 3. The summed E-state index contributed by atoms with van der Waals surface area (Å²) < 4.78 is 17.3. The first-order valence-electron chi connectivity index (χ1n) is 12.8. The van der Waals surface area contributed by atoms with Crippen molar-refractivity contribution in [3.8, 4) is 17.2 Å². The van der Waals surface area contributed by atoms with E-state index in [1.165, 1.54) is 18.2 Å². The van der Waals surface area contributed by atoms with Crippen LogP contribution < -0.4 is 19.5 Å². The molecule has 0 aliphatic carbocycles. The number of aliphatic carboxylic acids is 1. The molecule has 0 fully saturated rings. The second-order valence-corrected chi connectivity index (χ2v) is 8.73. The van der Waals surface area contributed by atoms with Gasteiger partial charge in [-0.25, -0.2) is 4.79 Å². The summed E-state index contributed by atoms with van der Waals surface area (Å²) in [6, 6.07) is 21.6. The van der Waals surface area contributed by atoms with Crippen molar-refractivity contribution in [1.29, 1.82) is 0 Å². The van der Waals surface area contributed by atoms with Crippen molar-refractivity contribution in [2.45, 2.75) is 32.1 Å². The van der Waals surface area contributed by atoms with Gasteiger partial charge in [0, 0.05) is 6.54 Å².